The van der Waals surface area contributed by atoms with E-state index in [-0.39, 0.29) is 47.8 Å². The highest BCUT2D eigenvalue weighted by atomic mass is 35.5. The van der Waals surface area contributed by atoms with Crippen LogP contribution in [0.15, 0.2) is 279 Å². The Bertz CT molecular complexity index is 6700. The van der Waals surface area contributed by atoms with Gasteiger partial charge in [0.2, 0.25) is 0 Å². The quantitative estimate of drug-likeness (QED) is 0.0857. The number of fused-ring (bicyclic) bond motifs is 12. The van der Waals surface area contributed by atoms with E-state index in [0.717, 1.165) is 122 Å². The zero-order valence-corrected chi connectivity index (χ0v) is 71.5. The summed E-state index contributed by atoms with van der Waals surface area (Å²) in [5.74, 6) is 3.62. The van der Waals surface area contributed by atoms with E-state index in [2.05, 4.69) is 80.6 Å². The SMILES string of the molecule is COc1ccc(C(=O)N2CCc3c([nH]c4ccccc34)C2c2ccc(OC)cc2)cc1.COc1ccc(C2c3[nH]c4ccccc4c3CCN2C(=O)c2ccc(C#N)cc2)cc1.COc1ccc(C2c3[nH]c4ccccc4c3CCN2C(=O)c2ccc(Cl)c(Cl)c2)cc1.COc1ccc(C2c3[nH]c4ccccc4c3CCN2C(=O)c2ccc(Cl)cc2Cl)cc1. The van der Waals surface area contributed by atoms with E-state index in [1.165, 1.54) is 43.8 Å². The molecule has 8 heterocycles. The summed E-state index contributed by atoms with van der Waals surface area (Å²) in [6.07, 6.45) is 3.14. The van der Waals surface area contributed by atoms with E-state index < -0.39 is 0 Å². The number of hydrogen-bond donors (Lipinski definition) is 4. The number of carbonyl (C=O) groups is 4. The zero-order chi connectivity index (χ0) is 85.8. The summed E-state index contributed by atoms with van der Waals surface area (Å²) in [4.78, 5) is 76.3. The molecular formula is C102H85Cl4N9O9. The number of aromatic amines is 4. The molecule has 4 aromatic heterocycles. The van der Waals surface area contributed by atoms with E-state index in [0.29, 0.717) is 74.1 Å². The van der Waals surface area contributed by atoms with E-state index in [1.807, 2.05) is 183 Å². The lowest BCUT2D eigenvalue weighted by atomic mass is 9.91. The van der Waals surface area contributed by atoms with Gasteiger partial charge in [0.05, 0.1) is 92.0 Å². The molecule has 4 atom stereocenters. The van der Waals surface area contributed by atoms with Crippen LogP contribution in [0, 0.1) is 11.3 Å². The number of methoxy groups -OCH3 is 5. The molecule has 4 N–H and O–H groups in total. The van der Waals surface area contributed by atoms with E-state index >= 15 is 0 Å². The summed E-state index contributed by atoms with van der Waals surface area (Å²) < 4.78 is 26.6. The van der Waals surface area contributed by atoms with Gasteiger partial charge in [0.15, 0.2) is 0 Å². The number of amides is 4. The Kier molecular flexibility index (Phi) is 24.1. The van der Waals surface area contributed by atoms with Crippen molar-refractivity contribution >= 4 is 114 Å². The number of nitrogens with zero attached hydrogens (tertiary/aromatic N) is 5. The van der Waals surface area contributed by atoms with E-state index in [1.54, 1.807) is 96.2 Å². The maximum atomic E-state index is 13.6. The maximum absolute atomic E-state index is 13.6. The van der Waals surface area contributed by atoms with Gasteiger partial charge in [0.25, 0.3) is 23.6 Å². The lowest BCUT2D eigenvalue weighted by molar-refractivity contribution is 0.0684. The molecule has 0 saturated heterocycles. The van der Waals surface area contributed by atoms with E-state index in [9.17, 15) is 19.2 Å². The minimum Gasteiger partial charge on any atom is -0.497 e. The lowest BCUT2D eigenvalue weighted by Crippen LogP contribution is -2.40. The molecule has 0 aliphatic carbocycles. The molecule has 620 valence electrons. The van der Waals surface area contributed by atoms with Crippen molar-refractivity contribution in [3.05, 3.63) is 394 Å². The fourth-order valence-corrected chi connectivity index (χ4v) is 18.5. The highest BCUT2D eigenvalue weighted by molar-refractivity contribution is 6.42. The van der Waals surface area contributed by atoms with Crippen LogP contribution in [0.3, 0.4) is 0 Å². The first-order valence-electron chi connectivity index (χ1n) is 40.7. The van der Waals surface area contributed by atoms with Gasteiger partial charge in [-0.25, -0.2) is 0 Å². The molecule has 0 fully saturated rings. The summed E-state index contributed by atoms with van der Waals surface area (Å²) in [7, 11) is 8.21. The number of aromatic nitrogens is 4. The van der Waals surface area contributed by atoms with Crippen LogP contribution in [0.1, 0.15) is 138 Å². The van der Waals surface area contributed by atoms with Crippen molar-refractivity contribution in [3.8, 4) is 34.8 Å². The monoisotopic (exact) mass is 1720 g/mol. The summed E-state index contributed by atoms with van der Waals surface area (Å²) in [5.41, 5.74) is 20.5. The Morgan fingerprint density at radius 3 is 0.895 bits per heavy atom. The predicted molar refractivity (Wildman–Crippen MR) is 489 cm³/mol. The van der Waals surface area contributed by atoms with Crippen LogP contribution >= 0.6 is 46.4 Å². The van der Waals surface area contributed by atoms with Crippen molar-refractivity contribution in [2.24, 2.45) is 0 Å². The van der Waals surface area contributed by atoms with Gasteiger partial charge in [-0.2, -0.15) is 5.26 Å². The van der Waals surface area contributed by atoms with Gasteiger partial charge in [0, 0.05) is 114 Å². The van der Waals surface area contributed by atoms with Gasteiger partial charge < -0.3 is 63.2 Å². The van der Waals surface area contributed by atoms with Gasteiger partial charge in [-0.15, -0.1) is 0 Å². The van der Waals surface area contributed by atoms with Crippen molar-refractivity contribution in [2.75, 3.05) is 61.7 Å². The Hall–Kier alpha value is -13.7. The molecule has 0 spiro atoms. The van der Waals surface area contributed by atoms with Crippen LogP contribution in [0.2, 0.25) is 20.1 Å². The lowest BCUT2D eigenvalue weighted by Gasteiger charge is -2.36. The van der Waals surface area contributed by atoms with Crippen molar-refractivity contribution in [2.45, 2.75) is 49.9 Å². The smallest absolute Gasteiger partial charge is 0.256 e. The minimum atomic E-state index is -0.263. The maximum Gasteiger partial charge on any atom is 0.256 e. The normalized spacial score (nSPS) is 15.6. The molecule has 22 heteroatoms. The van der Waals surface area contributed by atoms with Crippen LogP contribution in [0.4, 0.5) is 0 Å². The molecule has 0 radical (unpaired) electrons. The fourth-order valence-electron chi connectivity index (χ4n) is 17.7. The van der Waals surface area contributed by atoms with Crippen LogP contribution in [0.25, 0.3) is 43.6 Å². The van der Waals surface area contributed by atoms with Crippen molar-refractivity contribution in [3.63, 3.8) is 0 Å². The second kappa shape index (κ2) is 36.2. The summed E-state index contributed by atoms with van der Waals surface area (Å²) >= 11 is 24.7. The van der Waals surface area contributed by atoms with Crippen LogP contribution in [-0.4, -0.2) is 125 Å². The number of halogens is 4. The molecule has 4 aliphatic rings. The minimum absolute atomic E-state index is 0.00720. The first kappa shape index (κ1) is 82.6. The number of benzene rings is 12. The van der Waals surface area contributed by atoms with Crippen LogP contribution in [0.5, 0.6) is 28.7 Å². The van der Waals surface area contributed by atoms with Gasteiger partial charge in [-0.05, 0) is 228 Å². The average Bonchev–Trinajstić information content (AvgIpc) is 1.59. The number of nitriles is 1. The third-order valence-electron chi connectivity index (χ3n) is 23.8. The number of H-pyrrole nitrogens is 4. The Balaban J connectivity index is 0.000000117. The molecular weight excluding hydrogens is 1640 g/mol. The van der Waals surface area contributed by atoms with Crippen molar-refractivity contribution in [1.29, 1.82) is 5.26 Å². The van der Waals surface area contributed by atoms with Gasteiger partial charge >= 0.3 is 0 Å². The molecule has 0 bridgehead atoms. The molecule has 0 saturated carbocycles. The number of rotatable bonds is 13. The van der Waals surface area contributed by atoms with Crippen molar-refractivity contribution in [1.82, 2.24) is 39.5 Å². The van der Waals surface area contributed by atoms with Gasteiger partial charge in [-0.1, -0.05) is 168 Å². The zero-order valence-electron chi connectivity index (χ0n) is 68.4. The largest absolute Gasteiger partial charge is 0.497 e. The summed E-state index contributed by atoms with van der Waals surface area (Å²) in [6, 6.07) is 90.1. The molecule has 18 nitrogen and oxygen atoms in total. The number of para-hydroxylation sites is 4. The summed E-state index contributed by atoms with van der Waals surface area (Å²) in [6.45, 7) is 2.45. The number of nitrogens with one attached hydrogen (secondary N) is 4. The highest BCUT2D eigenvalue weighted by Crippen LogP contribution is 2.46. The molecule has 20 rings (SSSR count). The number of carbonyl (C=O) groups excluding carboxylic acids is 4. The second-order valence-corrected chi connectivity index (χ2v) is 32.3. The first-order valence-corrected chi connectivity index (χ1v) is 42.2. The standard InChI is InChI=1S/C26H21N3O2.C26H24N2O3.2C25H20Cl2N2O2/c1-31-20-12-10-18(11-13-20)25-24-22(21-4-2-3-5-23(21)28-24)14-15-29(25)26(30)19-8-6-17(16-27)7-9-19;1-30-19-11-7-17(8-12-19)25-24-22(21-5-3-4-6-23(21)27-24)15-16-28(25)26(29)18-9-13-20(31-2)14-10-18;1-31-17-9-6-15(7-10-17)24-23-19(18-4-2-3-5-22(18)28-23)12-13-29(24)25(30)20-11-8-16(26)14-21(20)27;1-31-17-9-6-15(7-10-17)24-23-19(18-4-2-3-5-22(18)28-23)12-13-29(24)25(30)16-8-11-20(26)21(27)14-16/h2-13,25,28H,14-15H2,1H3;3-14,25,27H,15-16H2,1-2H3;2*2-11,14,24,28H,12-13H2,1H3. The molecule has 4 amide bonds. The molecule has 4 aliphatic heterocycles. The average molecular weight is 1720 g/mol. The predicted octanol–water partition coefficient (Wildman–Crippen LogP) is 22.4. The third-order valence-corrected chi connectivity index (χ3v) is 25.1. The van der Waals surface area contributed by atoms with Gasteiger partial charge in [-0.3, -0.25) is 19.2 Å². The third kappa shape index (κ3) is 16.3. The highest BCUT2D eigenvalue weighted by Gasteiger charge is 2.40. The topological polar surface area (TPSA) is 214 Å². The number of hydrogen-bond acceptors (Lipinski definition) is 10. The second-order valence-electron chi connectivity index (χ2n) is 30.6. The van der Waals surface area contributed by atoms with Crippen LogP contribution in [-0.2, 0) is 25.7 Å². The Morgan fingerprint density at radius 1 is 0.315 bits per heavy atom. The summed E-state index contributed by atoms with van der Waals surface area (Å²) in [5, 5.41) is 15.6. The Morgan fingerprint density at radius 2 is 0.597 bits per heavy atom. The fraction of sp³-hybridized carbons (Fsp3) is 0.167. The Labute approximate surface area is 737 Å². The number of ether oxygens (including phenoxy) is 5. The first-order chi connectivity index (χ1) is 60.5. The van der Waals surface area contributed by atoms with E-state index in [4.69, 9.17) is 75.3 Å². The molecule has 12 aromatic carbocycles. The molecule has 124 heavy (non-hydrogen) atoms. The molecule has 16 aromatic rings. The van der Waals surface area contributed by atoms with Crippen LogP contribution < -0.4 is 23.7 Å². The van der Waals surface area contributed by atoms with Crippen molar-refractivity contribution < 1.29 is 42.9 Å². The molecule has 4 unspecified atom stereocenters. The van der Waals surface area contributed by atoms with Gasteiger partial charge in [0.1, 0.15) is 28.7 Å².